The van der Waals surface area contributed by atoms with Gasteiger partial charge in [0.05, 0.1) is 11.8 Å². The highest BCUT2D eigenvalue weighted by molar-refractivity contribution is 5.92. The van der Waals surface area contributed by atoms with Gasteiger partial charge in [0, 0.05) is 12.6 Å². The van der Waals surface area contributed by atoms with Crippen molar-refractivity contribution in [2.24, 2.45) is 5.92 Å². The number of benzene rings is 1. The van der Waals surface area contributed by atoms with Gasteiger partial charge in [0.25, 0.3) is 11.5 Å². The second kappa shape index (κ2) is 7.97. The van der Waals surface area contributed by atoms with Crippen molar-refractivity contribution >= 4 is 5.91 Å². The fourth-order valence-corrected chi connectivity index (χ4v) is 2.69. The first kappa shape index (κ1) is 18.0. The number of aryl methyl sites for hydroxylation is 1. The van der Waals surface area contributed by atoms with Gasteiger partial charge in [0.1, 0.15) is 5.69 Å². The first-order chi connectivity index (χ1) is 11.5. The summed E-state index contributed by atoms with van der Waals surface area (Å²) in [6.07, 6.45) is 1.12. The second-order valence-corrected chi connectivity index (χ2v) is 6.03. The smallest absolute Gasteiger partial charge is 0.271 e. The predicted molar refractivity (Wildman–Crippen MR) is 93.5 cm³/mol. The van der Waals surface area contributed by atoms with Gasteiger partial charge >= 0.3 is 0 Å². The quantitative estimate of drug-likeness (QED) is 0.725. The monoisotopic (exact) mass is 331 g/mol. The van der Waals surface area contributed by atoms with Gasteiger partial charge in [-0.05, 0) is 25.0 Å². The molecule has 24 heavy (non-hydrogen) atoms. The van der Waals surface area contributed by atoms with Crippen LogP contribution in [0.5, 0.6) is 0 Å². The van der Waals surface area contributed by atoms with Crippen LogP contribution in [-0.2, 0) is 0 Å². The van der Waals surface area contributed by atoms with Crippen molar-refractivity contribution in [1.82, 2.24) is 15.1 Å². The second-order valence-electron chi connectivity index (χ2n) is 6.03. The SMILES string of the molecule is CCC(CC)[C@@H](O)CNC(=O)c1cc(=O)n(-c2ccc(C)cc2)[nH]1. The zero-order valence-electron chi connectivity index (χ0n) is 14.4. The summed E-state index contributed by atoms with van der Waals surface area (Å²) in [4.78, 5) is 24.3. The number of carbonyl (C=O) groups excluding carboxylic acids is 1. The zero-order valence-corrected chi connectivity index (χ0v) is 14.4. The number of hydrogen-bond donors (Lipinski definition) is 3. The number of carbonyl (C=O) groups is 1. The number of amides is 1. The summed E-state index contributed by atoms with van der Waals surface area (Å²) >= 11 is 0. The maximum Gasteiger partial charge on any atom is 0.271 e. The van der Waals surface area contributed by atoms with E-state index in [1.165, 1.54) is 10.7 Å². The zero-order chi connectivity index (χ0) is 17.7. The minimum atomic E-state index is -0.588. The van der Waals surface area contributed by atoms with Gasteiger partial charge in [-0.25, -0.2) is 4.68 Å². The standard InChI is InChI=1S/C18H25N3O3/c1-4-13(5-2)16(22)11-19-18(24)15-10-17(23)21(20-15)14-8-6-12(3)7-9-14/h6-10,13,16,20,22H,4-5,11H2,1-3H3,(H,19,24)/t16-/m0/s1. The molecule has 0 fully saturated rings. The number of H-pyrrole nitrogens is 1. The number of aliphatic hydroxyl groups excluding tert-OH is 1. The molecule has 1 heterocycles. The predicted octanol–water partition coefficient (Wildman–Crippen LogP) is 2.00. The maximum absolute atomic E-state index is 12.2. The third-order valence-corrected chi connectivity index (χ3v) is 4.32. The van der Waals surface area contributed by atoms with E-state index in [1.807, 2.05) is 45.0 Å². The molecule has 2 rings (SSSR count). The maximum atomic E-state index is 12.2. The number of nitrogens with zero attached hydrogens (tertiary/aromatic N) is 1. The number of nitrogens with one attached hydrogen (secondary N) is 2. The molecule has 0 aliphatic carbocycles. The number of aliphatic hydroxyl groups is 1. The first-order valence-electron chi connectivity index (χ1n) is 8.31. The summed E-state index contributed by atoms with van der Waals surface area (Å²) < 4.78 is 1.33. The first-order valence-corrected chi connectivity index (χ1v) is 8.31. The van der Waals surface area contributed by atoms with Gasteiger partial charge in [-0.15, -0.1) is 0 Å². The largest absolute Gasteiger partial charge is 0.391 e. The van der Waals surface area contributed by atoms with E-state index in [4.69, 9.17) is 0 Å². The van der Waals surface area contributed by atoms with Gasteiger partial charge in [0.15, 0.2) is 0 Å². The van der Waals surface area contributed by atoms with Crippen molar-refractivity contribution in [3.63, 3.8) is 0 Å². The van der Waals surface area contributed by atoms with E-state index in [-0.39, 0.29) is 23.7 Å². The van der Waals surface area contributed by atoms with Crippen LogP contribution in [0.2, 0.25) is 0 Å². The van der Waals surface area contributed by atoms with Crippen LogP contribution in [0.15, 0.2) is 35.1 Å². The van der Waals surface area contributed by atoms with Crippen LogP contribution in [0.3, 0.4) is 0 Å². The molecule has 0 saturated carbocycles. The van der Waals surface area contributed by atoms with Gasteiger partial charge < -0.3 is 10.4 Å². The summed E-state index contributed by atoms with van der Waals surface area (Å²) in [6.45, 7) is 6.16. The van der Waals surface area contributed by atoms with E-state index in [9.17, 15) is 14.7 Å². The Hall–Kier alpha value is -2.34. The summed E-state index contributed by atoms with van der Waals surface area (Å²) in [5.41, 5.74) is 1.63. The molecule has 6 nitrogen and oxygen atoms in total. The topological polar surface area (TPSA) is 87.1 Å². The fourth-order valence-electron chi connectivity index (χ4n) is 2.69. The lowest BCUT2D eigenvalue weighted by molar-refractivity contribution is 0.0812. The average Bonchev–Trinajstić information content (AvgIpc) is 2.96. The summed E-state index contributed by atoms with van der Waals surface area (Å²) in [7, 11) is 0. The van der Waals surface area contributed by atoms with Crippen LogP contribution in [0.1, 0.15) is 42.7 Å². The molecule has 2 aromatic rings. The summed E-state index contributed by atoms with van der Waals surface area (Å²) in [6, 6.07) is 8.68. The highest BCUT2D eigenvalue weighted by Gasteiger charge is 2.18. The van der Waals surface area contributed by atoms with Crippen molar-refractivity contribution in [3.8, 4) is 5.69 Å². The van der Waals surface area contributed by atoms with Crippen molar-refractivity contribution < 1.29 is 9.90 Å². The molecule has 0 radical (unpaired) electrons. The number of aromatic amines is 1. The Kier molecular flexibility index (Phi) is 5.98. The van der Waals surface area contributed by atoms with Crippen molar-refractivity contribution in [3.05, 3.63) is 51.9 Å². The number of aromatic nitrogens is 2. The number of hydrogen-bond acceptors (Lipinski definition) is 3. The summed E-state index contributed by atoms with van der Waals surface area (Å²) in [5.74, 6) is -0.246. The molecule has 0 spiro atoms. The normalized spacial score (nSPS) is 12.4. The van der Waals surface area contributed by atoms with Crippen LogP contribution in [0.4, 0.5) is 0 Å². The molecule has 0 bridgehead atoms. The Bertz CT molecular complexity index is 727. The van der Waals surface area contributed by atoms with E-state index < -0.39 is 12.0 Å². The minimum Gasteiger partial charge on any atom is -0.391 e. The Morgan fingerprint density at radius 2 is 1.88 bits per heavy atom. The molecule has 3 N–H and O–H groups in total. The molecule has 0 aliphatic rings. The van der Waals surface area contributed by atoms with Gasteiger partial charge in [-0.2, -0.15) is 0 Å². The van der Waals surface area contributed by atoms with Crippen molar-refractivity contribution in [1.29, 1.82) is 0 Å². The van der Waals surface area contributed by atoms with Crippen LogP contribution >= 0.6 is 0 Å². The Balaban J connectivity index is 2.07. The minimum absolute atomic E-state index is 0.154. The fraction of sp³-hybridized carbons (Fsp3) is 0.444. The van der Waals surface area contributed by atoms with Crippen molar-refractivity contribution in [2.75, 3.05) is 6.54 Å². The van der Waals surface area contributed by atoms with Crippen LogP contribution < -0.4 is 10.9 Å². The van der Waals surface area contributed by atoms with Gasteiger partial charge in [-0.1, -0.05) is 44.4 Å². The van der Waals surface area contributed by atoms with Crippen LogP contribution in [0.25, 0.3) is 5.69 Å². The third kappa shape index (κ3) is 4.14. The van der Waals surface area contributed by atoms with E-state index in [2.05, 4.69) is 10.4 Å². The van der Waals surface area contributed by atoms with Gasteiger partial charge in [0.2, 0.25) is 0 Å². The number of rotatable bonds is 7. The van der Waals surface area contributed by atoms with E-state index in [0.29, 0.717) is 5.69 Å². The molecule has 0 saturated heterocycles. The lowest BCUT2D eigenvalue weighted by atomic mass is 9.96. The van der Waals surface area contributed by atoms with Crippen LogP contribution in [0, 0.1) is 12.8 Å². The Labute approximate surface area is 141 Å². The average molecular weight is 331 g/mol. The van der Waals surface area contributed by atoms with Crippen LogP contribution in [-0.4, -0.2) is 33.4 Å². The molecule has 130 valence electrons. The van der Waals surface area contributed by atoms with E-state index in [1.54, 1.807) is 0 Å². The van der Waals surface area contributed by atoms with Gasteiger partial charge in [-0.3, -0.25) is 14.7 Å². The van der Waals surface area contributed by atoms with Crippen molar-refractivity contribution in [2.45, 2.75) is 39.7 Å². The Morgan fingerprint density at radius 1 is 1.25 bits per heavy atom. The molecule has 0 unspecified atom stereocenters. The molecular weight excluding hydrogens is 306 g/mol. The third-order valence-electron chi connectivity index (χ3n) is 4.32. The van der Waals surface area contributed by atoms with E-state index in [0.717, 1.165) is 18.4 Å². The highest BCUT2D eigenvalue weighted by atomic mass is 16.3. The molecule has 1 amide bonds. The molecule has 1 aromatic heterocycles. The molecule has 6 heteroatoms. The lowest BCUT2D eigenvalue weighted by Crippen LogP contribution is -2.36. The Morgan fingerprint density at radius 3 is 2.46 bits per heavy atom. The molecule has 1 aromatic carbocycles. The van der Waals surface area contributed by atoms with E-state index >= 15 is 0 Å². The highest BCUT2D eigenvalue weighted by Crippen LogP contribution is 2.12. The summed E-state index contributed by atoms with van der Waals surface area (Å²) in [5, 5.41) is 15.6. The molecule has 1 atom stereocenters. The molecule has 0 aliphatic heterocycles. The lowest BCUT2D eigenvalue weighted by Gasteiger charge is -2.20. The molecular formula is C18H25N3O3.